The van der Waals surface area contributed by atoms with Crippen LogP contribution < -0.4 is 4.74 Å². The molecule has 0 spiro atoms. The van der Waals surface area contributed by atoms with Crippen molar-refractivity contribution in [2.45, 2.75) is 38.5 Å². The zero-order valence-electron chi connectivity index (χ0n) is 15.2. The zero-order chi connectivity index (χ0) is 18.4. The second-order valence-electron chi connectivity index (χ2n) is 7.14. The van der Waals surface area contributed by atoms with Crippen molar-refractivity contribution in [1.29, 1.82) is 0 Å². The van der Waals surface area contributed by atoms with Gasteiger partial charge in [0, 0.05) is 35.7 Å². The minimum absolute atomic E-state index is 0.00391. The third kappa shape index (κ3) is 5.34. The molecule has 2 fully saturated rings. The summed E-state index contributed by atoms with van der Waals surface area (Å²) in [4.78, 5) is 29.0. The second kappa shape index (κ2) is 9.58. The molecule has 1 aromatic rings. The SMILES string of the molecule is O=C(COc1ccc(I)cc1)N1CCC(C(=O)N2CCCCCC2)CC1. The number of halogens is 1. The Hall–Kier alpha value is -1.31. The molecule has 6 heteroatoms. The molecule has 1 aromatic carbocycles. The standard InChI is InChI=1S/C20H27IN2O3/c21-17-5-7-18(8-6-17)26-15-19(24)22-13-9-16(10-14-22)20(25)23-11-3-1-2-4-12-23/h5-8,16H,1-4,9-15H2. The van der Waals surface area contributed by atoms with Gasteiger partial charge in [0.15, 0.2) is 6.61 Å². The normalized spacial score (nSPS) is 19.1. The van der Waals surface area contributed by atoms with Crippen LogP contribution in [0.5, 0.6) is 5.75 Å². The summed E-state index contributed by atoms with van der Waals surface area (Å²) in [6.45, 7) is 3.17. The molecule has 0 bridgehead atoms. The van der Waals surface area contributed by atoms with Gasteiger partial charge in [0.1, 0.15) is 5.75 Å². The third-order valence-corrected chi connectivity index (χ3v) is 6.01. The maximum atomic E-state index is 12.7. The van der Waals surface area contributed by atoms with E-state index in [0.29, 0.717) is 24.7 Å². The number of carbonyl (C=O) groups excluding carboxylic acids is 2. The highest BCUT2D eigenvalue weighted by Gasteiger charge is 2.30. The Kier molecular flexibility index (Phi) is 7.16. The summed E-state index contributed by atoms with van der Waals surface area (Å²) in [5.74, 6) is 1.10. The van der Waals surface area contributed by atoms with Gasteiger partial charge in [-0.1, -0.05) is 12.8 Å². The molecule has 2 amide bonds. The van der Waals surface area contributed by atoms with Gasteiger partial charge >= 0.3 is 0 Å². The Labute approximate surface area is 169 Å². The molecule has 0 radical (unpaired) electrons. The van der Waals surface area contributed by atoms with Crippen molar-refractivity contribution in [2.75, 3.05) is 32.8 Å². The highest BCUT2D eigenvalue weighted by Crippen LogP contribution is 2.22. The second-order valence-corrected chi connectivity index (χ2v) is 8.38. The van der Waals surface area contributed by atoms with E-state index in [9.17, 15) is 9.59 Å². The van der Waals surface area contributed by atoms with Crippen LogP contribution in [-0.4, -0.2) is 54.4 Å². The first-order valence-corrected chi connectivity index (χ1v) is 10.7. The molecule has 0 aromatic heterocycles. The van der Waals surface area contributed by atoms with Crippen molar-refractivity contribution in [3.8, 4) is 5.75 Å². The maximum absolute atomic E-state index is 12.7. The highest BCUT2D eigenvalue weighted by molar-refractivity contribution is 14.1. The molecule has 5 nitrogen and oxygen atoms in total. The molecule has 142 valence electrons. The number of piperidine rings is 1. The number of carbonyl (C=O) groups is 2. The number of hydrogen-bond acceptors (Lipinski definition) is 3. The predicted molar refractivity (Wildman–Crippen MR) is 109 cm³/mol. The first-order valence-electron chi connectivity index (χ1n) is 9.58. The summed E-state index contributed by atoms with van der Waals surface area (Å²) in [5, 5.41) is 0. The van der Waals surface area contributed by atoms with Gasteiger partial charge in [-0.2, -0.15) is 0 Å². The van der Waals surface area contributed by atoms with E-state index in [1.165, 1.54) is 12.8 Å². The van der Waals surface area contributed by atoms with Gasteiger partial charge in [0.25, 0.3) is 5.91 Å². The number of nitrogens with zero attached hydrogens (tertiary/aromatic N) is 2. The summed E-state index contributed by atoms with van der Waals surface area (Å²) >= 11 is 2.24. The number of hydrogen-bond donors (Lipinski definition) is 0. The van der Waals surface area contributed by atoms with E-state index in [0.717, 1.165) is 42.3 Å². The molecule has 2 heterocycles. The molecule has 2 aliphatic rings. The summed E-state index contributed by atoms with van der Waals surface area (Å²) < 4.78 is 6.73. The smallest absolute Gasteiger partial charge is 0.260 e. The first-order chi connectivity index (χ1) is 12.6. The predicted octanol–water partition coefficient (Wildman–Crippen LogP) is 3.31. The third-order valence-electron chi connectivity index (χ3n) is 5.29. The maximum Gasteiger partial charge on any atom is 0.260 e. The van der Waals surface area contributed by atoms with Gasteiger partial charge < -0.3 is 14.5 Å². The number of amides is 2. The van der Waals surface area contributed by atoms with Crippen molar-refractivity contribution in [3.05, 3.63) is 27.8 Å². The van der Waals surface area contributed by atoms with Crippen LogP contribution in [0.4, 0.5) is 0 Å². The molecule has 3 rings (SSSR count). The van der Waals surface area contributed by atoms with Crippen molar-refractivity contribution in [3.63, 3.8) is 0 Å². The van der Waals surface area contributed by atoms with E-state index < -0.39 is 0 Å². The van der Waals surface area contributed by atoms with E-state index in [4.69, 9.17) is 4.74 Å². The van der Waals surface area contributed by atoms with Crippen LogP contribution in [0.3, 0.4) is 0 Å². The molecule has 0 aliphatic carbocycles. The van der Waals surface area contributed by atoms with Crippen LogP contribution in [0.15, 0.2) is 24.3 Å². The van der Waals surface area contributed by atoms with Crippen LogP contribution in [0, 0.1) is 9.49 Å². The Bertz CT molecular complexity index is 604. The Morgan fingerprint density at radius 1 is 0.923 bits per heavy atom. The molecule has 2 saturated heterocycles. The van der Waals surface area contributed by atoms with E-state index in [-0.39, 0.29) is 18.4 Å². The van der Waals surface area contributed by atoms with Crippen molar-refractivity contribution in [2.24, 2.45) is 5.92 Å². The molecular formula is C20H27IN2O3. The van der Waals surface area contributed by atoms with Gasteiger partial charge in [-0.3, -0.25) is 9.59 Å². The Balaban J connectivity index is 1.43. The lowest BCUT2D eigenvalue weighted by Crippen LogP contribution is -2.45. The van der Waals surface area contributed by atoms with Gasteiger partial charge in [-0.05, 0) is 72.5 Å². The molecular weight excluding hydrogens is 443 g/mol. The van der Waals surface area contributed by atoms with E-state index in [1.807, 2.05) is 29.2 Å². The van der Waals surface area contributed by atoms with Gasteiger partial charge in [-0.15, -0.1) is 0 Å². The quantitative estimate of drug-likeness (QED) is 0.635. The van der Waals surface area contributed by atoms with Crippen molar-refractivity contribution >= 4 is 34.4 Å². The number of likely N-dealkylation sites (tertiary alicyclic amines) is 2. The Morgan fingerprint density at radius 2 is 1.54 bits per heavy atom. The van der Waals surface area contributed by atoms with Gasteiger partial charge in [-0.25, -0.2) is 0 Å². The van der Waals surface area contributed by atoms with Crippen LogP contribution in [-0.2, 0) is 9.59 Å². The Morgan fingerprint density at radius 3 is 2.15 bits per heavy atom. The van der Waals surface area contributed by atoms with Crippen LogP contribution in [0.2, 0.25) is 0 Å². The summed E-state index contributed by atoms with van der Waals surface area (Å²) in [7, 11) is 0. The largest absolute Gasteiger partial charge is 0.484 e. The zero-order valence-corrected chi connectivity index (χ0v) is 17.3. The van der Waals surface area contributed by atoms with Crippen molar-refractivity contribution in [1.82, 2.24) is 9.80 Å². The lowest BCUT2D eigenvalue weighted by molar-refractivity contribution is -0.141. The topological polar surface area (TPSA) is 49.9 Å². The molecule has 26 heavy (non-hydrogen) atoms. The molecule has 0 atom stereocenters. The molecule has 0 N–H and O–H groups in total. The molecule has 0 saturated carbocycles. The number of ether oxygens (including phenoxy) is 1. The first kappa shape index (κ1) is 19.5. The molecule has 2 aliphatic heterocycles. The van der Waals surface area contributed by atoms with Gasteiger partial charge in [0.05, 0.1) is 0 Å². The van der Waals surface area contributed by atoms with Crippen LogP contribution in [0.25, 0.3) is 0 Å². The summed E-state index contributed by atoms with van der Waals surface area (Å²) in [5.41, 5.74) is 0. The number of benzene rings is 1. The fourth-order valence-electron chi connectivity index (χ4n) is 3.69. The summed E-state index contributed by atoms with van der Waals surface area (Å²) in [6.07, 6.45) is 6.25. The van der Waals surface area contributed by atoms with E-state index in [2.05, 4.69) is 27.5 Å². The minimum atomic E-state index is 0.00391. The van der Waals surface area contributed by atoms with Crippen molar-refractivity contribution < 1.29 is 14.3 Å². The van der Waals surface area contributed by atoms with Crippen LogP contribution in [0.1, 0.15) is 38.5 Å². The fourth-order valence-corrected chi connectivity index (χ4v) is 4.05. The highest BCUT2D eigenvalue weighted by atomic mass is 127. The fraction of sp³-hybridized carbons (Fsp3) is 0.600. The minimum Gasteiger partial charge on any atom is -0.484 e. The average Bonchev–Trinajstić information content (AvgIpc) is 2.96. The number of rotatable bonds is 4. The molecule has 0 unspecified atom stereocenters. The van der Waals surface area contributed by atoms with Crippen LogP contribution >= 0.6 is 22.6 Å². The lowest BCUT2D eigenvalue weighted by Gasteiger charge is -2.34. The van der Waals surface area contributed by atoms with E-state index in [1.54, 1.807) is 0 Å². The van der Waals surface area contributed by atoms with E-state index >= 15 is 0 Å². The average molecular weight is 470 g/mol. The monoisotopic (exact) mass is 470 g/mol. The lowest BCUT2D eigenvalue weighted by atomic mass is 9.95. The summed E-state index contributed by atoms with van der Waals surface area (Å²) in [6, 6.07) is 7.67. The van der Waals surface area contributed by atoms with Gasteiger partial charge in [0.2, 0.25) is 5.91 Å².